The molecule has 0 unspecified atom stereocenters. The molecular weight excluding hydrogens is 1340 g/mol. The zero-order valence-electron chi connectivity index (χ0n) is 56.1. The molecule has 0 radical (unpaired) electrons. The number of hydrogen-bond acceptors (Lipinski definition) is 21. The van der Waals surface area contributed by atoms with Crippen molar-refractivity contribution in [3.05, 3.63) is 184 Å². The van der Waals surface area contributed by atoms with Gasteiger partial charge in [0, 0.05) is 139 Å². The number of benzene rings is 3. The second kappa shape index (κ2) is 22.6. The van der Waals surface area contributed by atoms with Gasteiger partial charge < -0.3 is 61.9 Å². The topological polar surface area (TPSA) is 303 Å². The van der Waals surface area contributed by atoms with Crippen molar-refractivity contribution in [1.82, 2.24) is 38.4 Å². The van der Waals surface area contributed by atoms with E-state index in [0.717, 1.165) is 71.7 Å². The van der Waals surface area contributed by atoms with Crippen LogP contribution < -0.4 is 45.1 Å². The molecule has 3 N–H and O–H groups in total. The number of ketones is 3. The smallest absolute Gasteiger partial charge is 0.254 e. The highest BCUT2D eigenvalue weighted by atomic mass is 32.1. The van der Waals surface area contributed by atoms with Crippen molar-refractivity contribution in [2.45, 2.75) is 115 Å². The van der Waals surface area contributed by atoms with Gasteiger partial charge in [-0.25, -0.2) is 15.0 Å². The van der Waals surface area contributed by atoms with Crippen LogP contribution in [0, 0.1) is 0 Å². The van der Waals surface area contributed by atoms with E-state index < -0.39 is 16.8 Å². The number of aromatic nitrogens is 8. The fraction of sp³-hybridized carbons (Fsp3) is 0.282. The number of carbonyl (C=O) groups excluding carboxylic acids is 3. The lowest BCUT2D eigenvalue weighted by Gasteiger charge is -2.32. The van der Waals surface area contributed by atoms with Crippen LogP contribution in [0.1, 0.15) is 109 Å². The number of aryl methyl sites for hydroxylation is 1. The van der Waals surface area contributed by atoms with Crippen LogP contribution in [0.4, 0.5) is 0 Å². The van der Waals surface area contributed by atoms with Crippen LogP contribution in [-0.4, -0.2) is 91.5 Å². The largest absolute Gasteiger partial charge is 0.472 e. The van der Waals surface area contributed by atoms with E-state index in [0.29, 0.717) is 152 Å². The number of nitrogens with zero attached hydrogens (tertiary/aromatic N) is 8. The second-order valence-electron chi connectivity index (χ2n) is 27.4. The summed E-state index contributed by atoms with van der Waals surface area (Å²) in [5.74, 6) is 3.13. The minimum Gasteiger partial charge on any atom is -0.472 e. The summed E-state index contributed by atoms with van der Waals surface area (Å²) < 4.78 is 45.9. The van der Waals surface area contributed by atoms with E-state index in [1.165, 1.54) is 0 Å². The summed E-state index contributed by atoms with van der Waals surface area (Å²) in [6.45, 7) is 6.85. The molecule has 3 aromatic carbocycles. The molecule has 516 valence electrons. The van der Waals surface area contributed by atoms with Crippen molar-refractivity contribution < 1.29 is 62.5 Å². The molecule has 0 fully saturated rings. The quantitative estimate of drug-likeness (QED) is 0.139. The molecule has 0 saturated heterocycles. The number of thiophene rings is 1. The van der Waals surface area contributed by atoms with Crippen LogP contribution in [0.2, 0.25) is 0 Å². The van der Waals surface area contributed by atoms with Crippen molar-refractivity contribution in [2.24, 2.45) is 7.05 Å². The Labute approximate surface area is 587 Å². The van der Waals surface area contributed by atoms with Crippen molar-refractivity contribution in [2.75, 3.05) is 20.4 Å². The molecule has 12 aromatic rings. The minimum absolute atomic E-state index is 0.153. The van der Waals surface area contributed by atoms with Gasteiger partial charge in [-0.2, -0.15) is 16.4 Å². The number of hydrogen-bond donors (Lipinski definition) is 3. The van der Waals surface area contributed by atoms with Crippen LogP contribution in [-0.2, 0) is 77.1 Å². The monoisotopic (exact) mass is 1400 g/mol. The van der Waals surface area contributed by atoms with E-state index >= 15 is 0 Å². The van der Waals surface area contributed by atoms with Gasteiger partial charge in [0.2, 0.25) is 20.4 Å². The van der Waals surface area contributed by atoms with E-state index in [4.69, 9.17) is 47.8 Å². The van der Waals surface area contributed by atoms with Gasteiger partial charge in [0.05, 0.1) is 89.1 Å². The summed E-state index contributed by atoms with van der Waals surface area (Å²) in [4.78, 5) is 93.7. The number of rotatable bonds is 6. The summed E-state index contributed by atoms with van der Waals surface area (Å²) in [6.07, 6.45) is 9.17. The molecule has 9 aliphatic rings. The lowest BCUT2D eigenvalue weighted by Crippen LogP contribution is -2.43. The number of ether oxygens (including phenoxy) is 6. The van der Waals surface area contributed by atoms with Crippen LogP contribution in [0.15, 0.2) is 121 Å². The van der Waals surface area contributed by atoms with E-state index in [2.05, 4.69) is 16.5 Å². The molecule has 103 heavy (non-hydrogen) atoms. The first-order chi connectivity index (χ1) is 49.9. The molecule has 0 spiro atoms. The number of fused-ring (bicyclic) bond motifs is 18. The zero-order chi connectivity index (χ0) is 70.4. The highest BCUT2D eigenvalue weighted by Gasteiger charge is 2.47. The number of aliphatic hydroxyl groups is 3. The fourth-order valence-electron chi connectivity index (χ4n) is 16.9. The number of Topliss-reactive ketones (excluding diaryl/α,β-unsaturated/α-hetero) is 3. The molecule has 15 heterocycles. The second-order valence-corrected chi connectivity index (χ2v) is 28.2. The SMILES string of the molecule is CC[C@@]1(O)C(=O)CCc2c1cc1n(c2=O)Cc2c-1nc1cc3c(cc1c2-c1ccoc1)OCO3.CC[C@@]1(O)C(=O)CCc2c1cc1n(c2=O)Cc2c-1nc1cc3c(cc1c2-c1ccsc1)OCO3.CC[C@@]1(O)C(=O)CCc2c1cc1n(c2=O)Cc2c-1nc1cc3c(cc1c2-c1cnn(C)c1)OCO3. The van der Waals surface area contributed by atoms with Gasteiger partial charge in [0.15, 0.2) is 51.8 Å². The predicted molar refractivity (Wildman–Crippen MR) is 376 cm³/mol. The van der Waals surface area contributed by atoms with Crippen molar-refractivity contribution >= 4 is 61.4 Å². The first kappa shape index (κ1) is 62.6. The van der Waals surface area contributed by atoms with Crippen molar-refractivity contribution in [3.8, 4) is 102 Å². The first-order valence-corrected chi connectivity index (χ1v) is 35.2. The summed E-state index contributed by atoms with van der Waals surface area (Å²) in [5, 5.41) is 44.9. The van der Waals surface area contributed by atoms with E-state index in [-0.39, 0.29) is 92.9 Å². The number of pyridine rings is 6. The summed E-state index contributed by atoms with van der Waals surface area (Å²) in [5.41, 5.74) is 11.8. The van der Waals surface area contributed by atoms with Crippen molar-refractivity contribution in [1.29, 1.82) is 0 Å². The van der Waals surface area contributed by atoms with E-state index in [1.807, 2.05) is 67.2 Å². The molecule has 21 rings (SSSR count). The zero-order valence-corrected chi connectivity index (χ0v) is 56.9. The maximum Gasteiger partial charge on any atom is 0.254 e. The van der Waals surface area contributed by atoms with Gasteiger partial charge >= 0.3 is 0 Å². The van der Waals surface area contributed by atoms with Gasteiger partial charge in [0.25, 0.3) is 16.7 Å². The fourth-order valence-corrected chi connectivity index (χ4v) is 17.6. The third-order valence-electron chi connectivity index (χ3n) is 22.3. The minimum atomic E-state index is -1.65. The van der Waals surface area contributed by atoms with Crippen LogP contribution in [0.25, 0.3) is 100 Å². The maximum atomic E-state index is 13.6. The predicted octanol–water partition coefficient (Wildman–Crippen LogP) is 10.2. The maximum absolute atomic E-state index is 13.6. The summed E-state index contributed by atoms with van der Waals surface area (Å²) in [7, 11) is 1.86. The molecule has 0 saturated carbocycles. The highest BCUT2D eigenvalue weighted by Crippen LogP contribution is 2.51. The average Bonchev–Trinajstić information content (AvgIpc) is 1.60. The molecule has 3 aliphatic carbocycles. The lowest BCUT2D eigenvalue weighted by molar-refractivity contribution is -0.140. The molecule has 0 bridgehead atoms. The van der Waals surface area contributed by atoms with Crippen LogP contribution in [0.5, 0.6) is 34.5 Å². The molecule has 25 heteroatoms. The van der Waals surface area contributed by atoms with Gasteiger partial charge in [-0.3, -0.25) is 33.4 Å². The summed E-state index contributed by atoms with van der Waals surface area (Å²) in [6, 6.07) is 20.7. The molecule has 24 nitrogen and oxygen atoms in total. The summed E-state index contributed by atoms with van der Waals surface area (Å²) >= 11 is 1.61. The normalized spacial score (nSPS) is 19.8. The Morgan fingerprint density at radius 1 is 0.456 bits per heavy atom. The van der Waals surface area contributed by atoms with Gasteiger partial charge in [0.1, 0.15) is 16.8 Å². The number of carbonyl (C=O) groups is 3. The Kier molecular flexibility index (Phi) is 13.7. The van der Waals surface area contributed by atoms with Gasteiger partial charge in [-0.15, -0.1) is 0 Å². The Morgan fingerprint density at radius 3 is 1.16 bits per heavy atom. The average molecular weight is 1400 g/mol. The van der Waals surface area contributed by atoms with Crippen molar-refractivity contribution in [3.63, 3.8) is 0 Å². The van der Waals surface area contributed by atoms with E-state index in [9.17, 15) is 44.1 Å². The molecule has 3 atom stereocenters. The Bertz CT molecular complexity index is 5790. The third kappa shape index (κ3) is 8.97. The molecule has 6 aliphatic heterocycles. The standard InChI is InChI=1S/C26H22N4O5.C26H20N2O6.C26H20N2O5S/c1-3-26(33)17-7-19-24-16(11-30(19)25(32)14(17)4-5-22(26)31)23(13-9-27-29(2)10-13)15-6-20-21(35-12-34-20)8-18(15)28-24;1-2-26(31)17-8-19-24-16(10-28(19)25(30)14(17)3-4-22(26)29)23(13-5-6-32-11-13)15-7-20-21(34-12-33-20)9-18(15)27-24;1-2-26(31)17-8-19-24-16(10-28(19)25(30)14(17)3-4-22(26)29)23(13-5-6-34-11-13)15-7-20-21(33-12-32-20)9-18(15)27-24/h6-10,33H,3-5,11-12H2,1-2H3;2*5-9,11,31H,2-4,10,12H2,1H3/t3*26-/m000/s1. The molecule has 9 aromatic heterocycles. The third-order valence-corrected chi connectivity index (χ3v) is 23.0. The van der Waals surface area contributed by atoms with Gasteiger partial charge in [-0.05, 0) is 109 Å². The molecular formula is C78H62N8O16S. The van der Waals surface area contributed by atoms with E-state index in [1.54, 1.807) is 81.3 Å². The first-order valence-electron chi connectivity index (χ1n) is 34.3. The molecule has 0 amide bonds. The van der Waals surface area contributed by atoms with Crippen LogP contribution in [0.3, 0.4) is 0 Å². The van der Waals surface area contributed by atoms with Gasteiger partial charge in [-0.1, -0.05) is 20.8 Å². The van der Waals surface area contributed by atoms with Crippen LogP contribution >= 0.6 is 11.3 Å². The lowest BCUT2D eigenvalue weighted by atomic mass is 9.77. The Balaban J connectivity index is 0.000000107. The Hall–Kier alpha value is -11.4. The number of furan rings is 1. The highest BCUT2D eigenvalue weighted by molar-refractivity contribution is 7.08. The Morgan fingerprint density at radius 2 is 0.825 bits per heavy atom.